The summed E-state index contributed by atoms with van der Waals surface area (Å²) >= 11 is 0. The molecule has 1 N–H and O–H groups in total. The molecule has 2 aromatic rings. The highest BCUT2D eigenvalue weighted by molar-refractivity contribution is 5.98. The zero-order valence-corrected chi connectivity index (χ0v) is 21.6. The second kappa shape index (κ2) is 11.9. The van der Waals surface area contributed by atoms with Crippen LogP contribution in [-0.4, -0.2) is 53.2 Å². The maximum atomic E-state index is 14.6. The summed E-state index contributed by atoms with van der Waals surface area (Å²) in [4.78, 5) is 22.8. The van der Waals surface area contributed by atoms with Crippen molar-refractivity contribution in [3.8, 4) is 11.3 Å². The molecule has 38 heavy (non-hydrogen) atoms. The Labute approximate surface area is 218 Å². The molecule has 1 amide bonds. The highest BCUT2D eigenvalue weighted by Crippen LogP contribution is 2.36. The van der Waals surface area contributed by atoms with Gasteiger partial charge >= 0.3 is 6.18 Å². The quantitative estimate of drug-likeness (QED) is 0.305. The van der Waals surface area contributed by atoms with Crippen LogP contribution in [-0.2, 0) is 0 Å². The number of carbonyl (C=O) groups is 1. The van der Waals surface area contributed by atoms with Crippen molar-refractivity contribution >= 4 is 12.1 Å². The molecule has 6 nitrogen and oxygen atoms in total. The fourth-order valence-corrected chi connectivity index (χ4v) is 4.40. The number of rotatable bonds is 8. The molecule has 11 heteroatoms. The summed E-state index contributed by atoms with van der Waals surface area (Å²) in [6.07, 6.45) is -1.62. The number of carbonyl (C=O) groups excluding carboxylic acids is 1. The molecule has 2 heterocycles. The van der Waals surface area contributed by atoms with Crippen molar-refractivity contribution < 1.29 is 31.2 Å². The topological polar surface area (TPSA) is 70.7 Å². The van der Waals surface area contributed by atoms with Crippen LogP contribution in [0.5, 0.6) is 0 Å². The number of nitrogens with one attached hydrogen (secondary N) is 1. The zero-order valence-electron chi connectivity index (χ0n) is 21.6. The average molecular weight is 539 g/mol. The van der Waals surface area contributed by atoms with Crippen molar-refractivity contribution in [2.45, 2.75) is 58.7 Å². The predicted octanol–water partition coefficient (Wildman–Crippen LogP) is 6.56. The van der Waals surface area contributed by atoms with Gasteiger partial charge in [0.15, 0.2) is 17.3 Å². The van der Waals surface area contributed by atoms with Crippen LogP contribution in [0, 0.1) is 12.8 Å². The summed E-state index contributed by atoms with van der Waals surface area (Å²) in [6.45, 7) is 5.51. The summed E-state index contributed by atoms with van der Waals surface area (Å²) < 4.78 is 74.5. The van der Waals surface area contributed by atoms with Crippen molar-refractivity contribution in [3.05, 3.63) is 65.5 Å². The van der Waals surface area contributed by atoms with Gasteiger partial charge in [0, 0.05) is 31.7 Å². The number of benzene rings is 1. The summed E-state index contributed by atoms with van der Waals surface area (Å²) in [5.74, 6) is -3.95. The Morgan fingerprint density at radius 3 is 2.58 bits per heavy atom. The van der Waals surface area contributed by atoms with Crippen LogP contribution < -0.4 is 5.32 Å². The minimum atomic E-state index is -4.56. The van der Waals surface area contributed by atoms with Gasteiger partial charge < -0.3 is 14.6 Å². The van der Waals surface area contributed by atoms with Crippen LogP contribution >= 0.6 is 0 Å². The van der Waals surface area contributed by atoms with Crippen molar-refractivity contribution in [3.63, 3.8) is 0 Å². The lowest BCUT2D eigenvalue weighted by molar-refractivity contribution is -0.0913. The first-order valence-electron chi connectivity index (χ1n) is 12.3. The molecule has 206 valence electrons. The number of alkyl halides is 5. The summed E-state index contributed by atoms with van der Waals surface area (Å²) in [7, 11) is 0. The number of aliphatic imine (C=N–C) groups is 1. The molecule has 0 aliphatic carbocycles. The third-order valence-corrected chi connectivity index (χ3v) is 6.17. The molecule has 3 rings (SSSR count). The number of piperidine rings is 1. The molecule has 1 aromatic heterocycles. The van der Waals surface area contributed by atoms with E-state index in [1.54, 1.807) is 58.0 Å². The lowest BCUT2D eigenvalue weighted by Gasteiger charge is -2.43. The van der Waals surface area contributed by atoms with E-state index in [1.165, 1.54) is 6.08 Å². The Hall–Kier alpha value is -3.50. The number of aromatic nitrogens is 1. The molecule has 1 aromatic carbocycles. The molecular weight excluding hydrogens is 507 g/mol. The highest BCUT2D eigenvalue weighted by atomic mass is 19.4. The molecule has 1 aliphatic heterocycles. The number of amides is 1. The molecule has 1 aliphatic rings. The number of nitrogens with zero attached hydrogens (tertiary/aromatic N) is 3. The largest absolute Gasteiger partial charge is 0.440 e. The smallest absolute Gasteiger partial charge is 0.417 e. The van der Waals surface area contributed by atoms with Crippen LogP contribution in [0.25, 0.3) is 11.3 Å². The number of hydrogen-bond acceptors (Lipinski definition) is 5. The third kappa shape index (κ3) is 7.08. The fourth-order valence-electron chi connectivity index (χ4n) is 4.40. The number of allylic oxidation sites excluding steroid dienone is 3. The molecule has 0 bridgehead atoms. The number of oxazole rings is 1. The minimum Gasteiger partial charge on any atom is -0.440 e. The van der Waals surface area contributed by atoms with Crippen LogP contribution in [0.3, 0.4) is 0 Å². The molecule has 2 atom stereocenters. The van der Waals surface area contributed by atoms with Gasteiger partial charge in [-0.3, -0.25) is 4.79 Å². The summed E-state index contributed by atoms with van der Waals surface area (Å²) in [5, 5.41) is 2.92. The van der Waals surface area contributed by atoms with Crippen molar-refractivity contribution in [2.75, 3.05) is 13.1 Å². The molecule has 1 saturated heterocycles. The monoisotopic (exact) mass is 538 g/mol. The van der Waals surface area contributed by atoms with Gasteiger partial charge in [0.05, 0.1) is 18.2 Å². The number of halogens is 5. The SMILES string of the molecule is C\C=C(/N=C\C(=C/CC)C(F)(F)F)NCC1[C@H](C)CC(F)(F)CN1C(=O)c1nc(C)oc1-c1ccccc1. The van der Waals surface area contributed by atoms with Gasteiger partial charge in [-0.05, 0) is 25.3 Å². The van der Waals surface area contributed by atoms with Gasteiger partial charge in [0.1, 0.15) is 5.82 Å². The maximum absolute atomic E-state index is 14.6. The van der Waals surface area contributed by atoms with E-state index in [1.807, 2.05) is 0 Å². The number of hydrogen-bond donors (Lipinski definition) is 1. The van der Waals surface area contributed by atoms with E-state index in [2.05, 4.69) is 15.3 Å². The first kappa shape index (κ1) is 29.1. The lowest BCUT2D eigenvalue weighted by Crippen LogP contribution is -2.58. The molecule has 0 spiro atoms. The molecular formula is C27H31F5N4O2. The van der Waals surface area contributed by atoms with E-state index >= 15 is 0 Å². The first-order chi connectivity index (χ1) is 17.9. The van der Waals surface area contributed by atoms with Gasteiger partial charge in [0.25, 0.3) is 11.8 Å². The van der Waals surface area contributed by atoms with Crippen LogP contribution in [0.1, 0.15) is 50.0 Å². The fraction of sp³-hybridized carbons (Fsp3) is 0.444. The summed E-state index contributed by atoms with van der Waals surface area (Å²) in [5.41, 5.74) is -0.389. The molecule has 1 unspecified atom stereocenters. The minimum absolute atomic E-state index is 0.00362. The first-order valence-corrected chi connectivity index (χ1v) is 12.3. The molecule has 0 radical (unpaired) electrons. The number of likely N-dealkylation sites (tertiary alicyclic amines) is 1. The standard InChI is InChI=1S/C27H31F5N4O2/c1-5-10-20(27(30,31)32)14-33-22(6-2)34-15-21-17(3)13-26(28,29)16-36(21)25(37)23-24(38-18(4)35-23)19-11-8-7-9-12-19/h6-12,14,17,21,34H,5,13,15-16H2,1-4H3/b20-10+,22-6+,33-14-/t17-,21?/m1/s1. The highest BCUT2D eigenvalue weighted by Gasteiger charge is 2.47. The van der Waals surface area contributed by atoms with Crippen molar-refractivity contribution in [1.82, 2.24) is 15.2 Å². The van der Waals surface area contributed by atoms with E-state index < -0.39 is 48.5 Å². The van der Waals surface area contributed by atoms with Gasteiger partial charge in [-0.25, -0.2) is 18.8 Å². The Balaban J connectivity index is 1.87. The molecule has 1 fully saturated rings. The van der Waals surface area contributed by atoms with E-state index in [4.69, 9.17) is 4.42 Å². The zero-order chi connectivity index (χ0) is 28.1. The molecule has 0 saturated carbocycles. The Morgan fingerprint density at radius 1 is 1.29 bits per heavy atom. The van der Waals surface area contributed by atoms with E-state index in [0.29, 0.717) is 5.56 Å². The second-order valence-corrected chi connectivity index (χ2v) is 9.19. The van der Waals surface area contributed by atoms with E-state index in [9.17, 15) is 26.7 Å². The van der Waals surface area contributed by atoms with E-state index in [0.717, 1.165) is 17.2 Å². The summed E-state index contributed by atoms with van der Waals surface area (Å²) in [6, 6.07) is 8.04. The van der Waals surface area contributed by atoms with Gasteiger partial charge in [-0.15, -0.1) is 0 Å². The normalized spacial score (nSPS) is 20.7. The van der Waals surface area contributed by atoms with Crippen LogP contribution in [0.2, 0.25) is 0 Å². The Morgan fingerprint density at radius 2 is 1.97 bits per heavy atom. The predicted molar refractivity (Wildman–Crippen MR) is 135 cm³/mol. The van der Waals surface area contributed by atoms with Crippen molar-refractivity contribution in [2.24, 2.45) is 10.9 Å². The van der Waals surface area contributed by atoms with Gasteiger partial charge in [-0.2, -0.15) is 13.2 Å². The second-order valence-electron chi connectivity index (χ2n) is 9.19. The van der Waals surface area contributed by atoms with Crippen LogP contribution in [0.15, 0.2) is 63.3 Å². The Bertz CT molecular complexity index is 1200. The van der Waals surface area contributed by atoms with Crippen LogP contribution in [0.4, 0.5) is 22.0 Å². The van der Waals surface area contributed by atoms with Gasteiger partial charge in [0.2, 0.25) is 0 Å². The lowest BCUT2D eigenvalue weighted by atomic mass is 9.88. The van der Waals surface area contributed by atoms with Crippen molar-refractivity contribution in [1.29, 1.82) is 0 Å². The third-order valence-electron chi connectivity index (χ3n) is 6.17. The number of aryl methyl sites for hydroxylation is 1. The van der Waals surface area contributed by atoms with E-state index in [-0.39, 0.29) is 36.1 Å². The Kier molecular flexibility index (Phi) is 9.11. The maximum Gasteiger partial charge on any atom is 0.417 e. The van der Waals surface area contributed by atoms with Gasteiger partial charge in [-0.1, -0.05) is 50.3 Å². The average Bonchev–Trinajstić information content (AvgIpc) is 3.24.